The third kappa shape index (κ3) is 2.84. The van der Waals surface area contributed by atoms with Crippen molar-refractivity contribution in [3.63, 3.8) is 0 Å². The van der Waals surface area contributed by atoms with Crippen molar-refractivity contribution in [1.82, 2.24) is 4.98 Å². The van der Waals surface area contributed by atoms with Crippen LogP contribution in [0.2, 0.25) is 0 Å². The van der Waals surface area contributed by atoms with Crippen LogP contribution in [0.25, 0.3) is 0 Å². The minimum Gasteiger partial charge on any atom is -0.326 e. The van der Waals surface area contributed by atoms with E-state index >= 15 is 0 Å². The fourth-order valence-corrected chi connectivity index (χ4v) is 2.76. The fraction of sp³-hybridized carbons (Fsp3) is 0.0833. The molecule has 1 heterocycles. The maximum Gasteiger partial charge on any atom is 0.0318 e. The summed E-state index contributed by atoms with van der Waals surface area (Å²) in [4.78, 5) is 6.36. The predicted molar refractivity (Wildman–Crippen MR) is 70.4 cm³/mol. The van der Waals surface area contributed by atoms with Gasteiger partial charge in [-0.05, 0) is 45.8 Å². The normalized spacial score (nSPS) is 10.4. The summed E-state index contributed by atoms with van der Waals surface area (Å²) in [6.07, 6.45) is 3.59. The number of benzene rings is 1. The summed E-state index contributed by atoms with van der Waals surface area (Å²) < 4.78 is 1.08. The summed E-state index contributed by atoms with van der Waals surface area (Å²) in [6, 6.07) is 10.2. The third-order valence-electron chi connectivity index (χ3n) is 2.11. The standard InChI is InChI=1S/C12H11BrN2S/c13-11-7-9(8-14)1-2-12(11)16-10-3-5-15-6-4-10/h1-7H,8,14H2. The van der Waals surface area contributed by atoms with Crippen LogP contribution in [-0.4, -0.2) is 4.98 Å². The first-order valence-corrected chi connectivity index (χ1v) is 6.47. The Hall–Kier alpha value is -0.840. The highest BCUT2D eigenvalue weighted by atomic mass is 79.9. The van der Waals surface area contributed by atoms with Crippen LogP contribution in [0.3, 0.4) is 0 Å². The molecule has 0 bridgehead atoms. The Morgan fingerprint density at radius 1 is 1.19 bits per heavy atom. The molecule has 0 spiro atoms. The average Bonchev–Trinajstić information content (AvgIpc) is 2.33. The first-order valence-electron chi connectivity index (χ1n) is 4.86. The van der Waals surface area contributed by atoms with Gasteiger partial charge in [-0.25, -0.2) is 0 Å². The highest BCUT2D eigenvalue weighted by molar-refractivity contribution is 9.10. The van der Waals surface area contributed by atoms with Crippen molar-refractivity contribution < 1.29 is 0 Å². The van der Waals surface area contributed by atoms with Gasteiger partial charge in [0.15, 0.2) is 0 Å². The van der Waals surface area contributed by atoms with Gasteiger partial charge in [0.2, 0.25) is 0 Å². The Kier molecular flexibility index (Phi) is 3.98. The molecule has 0 aliphatic heterocycles. The molecular weight excluding hydrogens is 284 g/mol. The van der Waals surface area contributed by atoms with Gasteiger partial charge in [0.05, 0.1) is 0 Å². The fourth-order valence-electron chi connectivity index (χ4n) is 1.29. The van der Waals surface area contributed by atoms with Gasteiger partial charge in [-0.1, -0.05) is 17.8 Å². The van der Waals surface area contributed by atoms with E-state index in [4.69, 9.17) is 5.73 Å². The summed E-state index contributed by atoms with van der Waals surface area (Å²) >= 11 is 5.26. The van der Waals surface area contributed by atoms with Gasteiger partial charge >= 0.3 is 0 Å². The number of halogens is 1. The van der Waals surface area contributed by atoms with Crippen molar-refractivity contribution in [3.8, 4) is 0 Å². The van der Waals surface area contributed by atoms with E-state index in [0.29, 0.717) is 6.54 Å². The second-order valence-corrected chi connectivity index (χ2v) is 5.22. The molecule has 2 aromatic rings. The summed E-state index contributed by atoms with van der Waals surface area (Å²) in [5.41, 5.74) is 6.72. The lowest BCUT2D eigenvalue weighted by molar-refractivity contribution is 1.06. The molecule has 1 aromatic carbocycles. The topological polar surface area (TPSA) is 38.9 Å². The average molecular weight is 295 g/mol. The quantitative estimate of drug-likeness (QED) is 0.942. The zero-order valence-electron chi connectivity index (χ0n) is 8.56. The molecule has 0 radical (unpaired) electrons. The summed E-state index contributed by atoms with van der Waals surface area (Å²) in [6.45, 7) is 0.568. The van der Waals surface area contributed by atoms with Crippen molar-refractivity contribution in [3.05, 3.63) is 52.8 Å². The molecule has 2 nitrogen and oxygen atoms in total. The second-order valence-electron chi connectivity index (χ2n) is 3.25. The number of rotatable bonds is 3. The monoisotopic (exact) mass is 294 g/mol. The van der Waals surface area contributed by atoms with Gasteiger partial charge in [0.1, 0.15) is 0 Å². The Bertz CT molecular complexity index is 474. The molecule has 0 aliphatic rings. The van der Waals surface area contributed by atoms with Gasteiger partial charge < -0.3 is 5.73 Å². The van der Waals surface area contributed by atoms with Crippen LogP contribution in [0.1, 0.15) is 5.56 Å². The van der Waals surface area contributed by atoms with Gasteiger partial charge in [-0.15, -0.1) is 0 Å². The van der Waals surface area contributed by atoms with E-state index in [9.17, 15) is 0 Å². The molecule has 0 aliphatic carbocycles. The molecule has 2 rings (SSSR count). The van der Waals surface area contributed by atoms with Gasteiger partial charge in [0, 0.05) is 33.2 Å². The van der Waals surface area contributed by atoms with Gasteiger partial charge in [-0.2, -0.15) is 0 Å². The lowest BCUT2D eigenvalue weighted by atomic mass is 10.2. The molecule has 4 heteroatoms. The molecular formula is C12H11BrN2S. The van der Waals surface area contributed by atoms with Gasteiger partial charge in [-0.3, -0.25) is 4.98 Å². The van der Waals surface area contributed by atoms with E-state index in [0.717, 1.165) is 10.0 Å². The smallest absolute Gasteiger partial charge is 0.0318 e. The molecule has 0 amide bonds. The zero-order chi connectivity index (χ0) is 11.4. The molecule has 0 unspecified atom stereocenters. The van der Waals surface area contributed by atoms with Crippen LogP contribution in [-0.2, 0) is 6.54 Å². The lowest BCUT2D eigenvalue weighted by Crippen LogP contribution is -1.95. The van der Waals surface area contributed by atoms with Crippen molar-refractivity contribution in [2.45, 2.75) is 16.3 Å². The van der Waals surface area contributed by atoms with Gasteiger partial charge in [0.25, 0.3) is 0 Å². The van der Waals surface area contributed by atoms with Crippen molar-refractivity contribution in [1.29, 1.82) is 0 Å². The molecule has 1 aromatic heterocycles. The molecule has 16 heavy (non-hydrogen) atoms. The molecule has 0 saturated heterocycles. The van der Waals surface area contributed by atoms with Crippen molar-refractivity contribution in [2.75, 3.05) is 0 Å². The van der Waals surface area contributed by atoms with Crippen LogP contribution >= 0.6 is 27.7 Å². The summed E-state index contributed by atoms with van der Waals surface area (Å²) in [7, 11) is 0. The summed E-state index contributed by atoms with van der Waals surface area (Å²) in [5, 5.41) is 0. The third-order valence-corrected chi connectivity index (χ3v) is 4.11. The van der Waals surface area contributed by atoms with Crippen LogP contribution in [0.4, 0.5) is 0 Å². The Balaban J connectivity index is 2.22. The number of pyridine rings is 1. The molecule has 0 fully saturated rings. The van der Waals surface area contributed by atoms with Crippen molar-refractivity contribution >= 4 is 27.7 Å². The highest BCUT2D eigenvalue weighted by Gasteiger charge is 2.02. The number of aromatic nitrogens is 1. The van der Waals surface area contributed by atoms with E-state index in [-0.39, 0.29) is 0 Å². The number of nitrogens with zero attached hydrogens (tertiary/aromatic N) is 1. The second kappa shape index (κ2) is 5.48. The Labute approximate surface area is 107 Å². The number of hydrogen-bond donors (Lipinski definition) is 1. The lowest BCUT2D eigenvalue weighted by Gasteiger charge is -2.05. The van der Waals surface area contributed by atoms with E-state index < -0.39 is 0 Å². The molecule has 0 saturated carbocycles. The van der Waals surface area contributed by atoms with E-state index in [1.54, 1.807) is 24.2 Å². The molecule has 0 atom stereocenters. The molecule has 82 valence electrons. The van der Waals surface area contributed by atoms with Crippen LogP contribution in [0.5, 0.6) is 0 Å². The highest BCUT2D eigenvalue weighted by Crippen LogP contribution is 2.33. The Morgan fingerprint density at radius 3 is 2.56 bits per heavy atom. The summed E-state index contributed by atoms with van der Waals surface area (Å²) in [5.74, 6) is 0. The van der Waals surface area contributed by atoms with Crippen molar-refractivity contribution in [2.24, 2.45) is 5.73 Å². The number of nitrogens with two attached hydrogens (primary N) is 1. The van der Waals surface area contributed by atoms with E-state index in [2.05, 4.69) is 33.0 Å². The minimum absolute atomic E-state index is 0.568. The maximum atomic E-state index is 5.59. The maximum absolute atomic E-state index is 5.59. The SMILES string of the molecule is NCc1ccc(Sc2ccncc2)c(Br)c1. The first-order chi connectivity index (χ1) is 7.79. The first kappa shape index (κ1) is 11.6. The minimum atomic E-state index is 0.568. The Morgan fingerprint density at radius 2 is 1.94 bits per heavy atom. The van der Waals surface area contributed by atoms with Crippen LogP contribution < -0.4 is 5.73 Å². The number of hydrogen-bond acceptors (Lipinski definition) is 3. The molecule has 2 N–H and O–H groups in total. The zero-order valence-corrected chi connectivity index (χ0v) is 11.0. The van der Waals surface area contributed by atoms with Crippen LogP contribution in [0.15, 0.2) is 57.0 Å². The predicted octanol–water partition coefficient (Wildman–Crippen LogP) is 3.45. The van der Waals surface area contributed by atoms with E-state index in [1.165, 1.54) is 9.79 Å². The van der Waals surface area contributed by atoms with Crippen LogP contribution in [0, 0.1) is 0 Å². The largest absolute Gasteiger partial charge is 0.326 e. The van der Waals surface area contributed by atoms with E-state index in [1.807, 2.05) is 18.2 Å².